The van der Waals surface area contributed by atoms with Gasteiger partial charge in [-0.1, -0.05) is 53.8 Å². The summed E-state index contributed by atoms with van der Waals surface area (Å²) in [6.45, 7) is 3.01. The Kier molecular flexibility index (Phi) is 6.27. The number of rotatable bonds is 6. The van der Waals surface area contributed by atoms with Crippen molar-refractivity contribution in [3.05, 3.63) is 89.6 Å². The van der Waals surface area contributed by atoms with Gasteiger partial charge in [0.05, 0.1) is 41.3 Å². The third-order valence-corrected chi connectivity index (χ3v) is 6.40. The Balaban J connectivity index is 1.39. The van der Waals surface area contributed by atoms with E-state index < -0.39 is 0 Å². The van der Waals surface area contributed by atoms with Crippen molar-refractivity contribution in [2.45, 2.75) is 0 Å². The molecule has 5 rings (SSSR count). The second-order valence-electron chi connectivity index (χ2n) is 7.48. The highest BCUT2D eigenvalue weighted by molar-refractivity contribution is 7.17. The summed E-state index contributed by atoms with van der Waals surface area (Å²) in [7, 11) is 0. The number of aromatic nitrogens is 2. The summed E-state index contributed by atoms with van der Waals surface area (Å²) in [6, 6.07) is 21.3. The van der Waals surface area contributed by atoms with Crippen LogP contribution in [0.3, 0.4) is 0 Å². The van der Waals surface area contributed by atoms with Crippen LogP contribution >= 0.6 is 11.3 Å². The first-order chi connectivity index (χ1) is 16.3. The average Bonchev–Trinajstić information content (AvgIpc) is 3.56. The number of nitrogens with one attached hydrogen (secondary N) is 1. The molecule has 1 amide bonds. The number of anilines is 1. The molecule has 1 saturated heterocycles. The zero-order valence-electron chi connectivity index (χ0n) is 17.9. The van der Waals surface area contributed by atoms with Crippen LogP contribution in [-0.4, -0.2) is 48.0 Å². The molecule has 0 unspecified atom stereocenters. The Morgan fingerprint density at radius 2 is 1.73 bits per heavy atom. The van der Waals surface area contributed by atoms with Crippen LogP contribution in [0.4, 0.5) is 5.13 Å². The predicted octanol–water partition coefficient (Wildman–Crippen LogP) is 4.20. The van der Waals surface area contributed by atoms with Gasteiger partial charge < -0.3 is 14.2 Å². The standard InChI is InChI=1S/C25H23N5O2S/c31-24(20-10-4-5-11-21(20)29-12-6-7-13-29)28-26-18-22-23(19-8-2-1-3-9-19)27-25(33-22)30-14-16-32-17-15-30/h1-13,18H,14-17H2,(H,28,31)/b26-18+. The second-order valence-corrected chi connectivity index (χ2v) is 8.49. The van der Waals surface area contributed by atoms with Gasteiger partial charge in [-0.2, -0.15) is 5.10 Å². The highest BCUT2D eigenvalue weighted by atomic mass is 32.1. The number of carbonyl (C=O) groups excluding carboxylic acids is 1. The number of ether oxygens (including phenoxy) is 1. The maximum atomic E-state index is 12.9. The van der Waals surface area contributed by atoms with E-state index >= 15 is 0 Å². The highest BCUT2D eigenvalue weighted by Crippen LogP contribution is 2.32. The molecule has 0 spiro atoms. The largest absolute Gasteiger partial charge is 0.378 e. The van der Waals surface area contributed by atoms with Crippen molar-refractivity contribution in [1.29, 1.82) is 0 Å². The van der Waals surface area contributed by atoms with E-state index in [-0.39, 0.29) is 5.91 Å². The molecule has 8 heteroatoms. The maximum absolute atomic E-state index is 12.9. The Bertz CT molecular complexity index is 1250. The van der Waals surface area contributed by atoms with Crippen LogP contribution in [0, 0.1) is 0 Å². The van der Waals surface area contributed by atoms with Crippen LogP contribution in [0.25, 0.3) is 16.9 Å². The summed E-state index contributed by atoms with van der Waals surface area (Å²) in [5, 5.41) is 5.21. The lowest BCUT2D eigenvalue weighted by atomic mass is 10.1. The molecule has 3 heterocycles. The van der Waals surface area contributed by atoms with Crippen LogP contribution in [0.1, 0.15) is 15.2 Å². The van der Waals surface area contributed by atoms with Gasteiger partial charge in [-0.15, -0.1) is 0 Å². The van der Waals surface area contributed by atoms with E-state index in [1.165, 1.54) is 0 Å². The minimum Gasteiger partial charge on any atom is -0.378 e. The Labute approximate surface area is 196 Å². The molecular formula is C25H23N5O2S. The Morgan fingerprint density at radius 1 is 1.00 bits per heavy atom. The molecular weight excluding hydrogens is 434 g/mol. The molecule has 0 atom stereocenters. The predicted molar refractivity (Wildman–Crippen MR) is 131 cm³/mol. The van der Waals surface area contributed by atoms with Crippen LogP contribution < -0.4 is 10.3 Å². The first-order valence-corrected chi connectivity index (χ1v) is 11.6. The fourth-order valence-corrected chi connectivity index (χ4v) is 4.71. The van der Waals surface area contributed by atoms with Crippen molar-refractivity contribution in [2.75, 3.05) is 31.2 Å². The molecule has 4 aromatic rings. The number of nitrogens with zero attached hydrogens (tertiary/aromatic N) is 4. The van der Waals surface area contributed by atoms with Gasteiger partial charge in [-0.3, -0.25) is 4.79 Å². The highest BCUT2D eigenvalue weighted by Gasteiger charge is 2.19. The van der Waals surface area contributed by atoms with E-state index in [1.807, 2.05) is 77.6 Å². The van der Waals surface area contributed by atoms with Gasteiger partial charge >= 0.3 is 0 Å². The van der Waals surface area contributed by atoms with Crippen molar-refractivity contribution in [3.63, 3.8) is 0 Å². The second kappa shape index (κ2) is 9.81. The first-order valence-electron chi connectivity index (χ1n) is 10.7. The molecule has 166 valence electrons. The van der Waals surface area contributed by atoms with Crippen molar-refractivity contribution >= 4 is 28.6 Å². The van der Waals surface area contributed by atoms with Gasteiger partial charge in [0.15, 0.2) is 5.13 Å². The number of hydrogen-bond donors (Lipinski definition) is 1. The molecule has 0 aliphatic carbocycles. The molecule has 1 aliphatic heterocycles. The minimum absolute atomic E-state index is 0.269. The lowest BCUT2D eigenvalue weighted by molar-refractivity contribution is 0.0955. The number of para-hydroxylation sites is 1. The smallest absolute Gasteiger partial charge is 0.273 e. The van der Waals surface area contributed by atoms with Crippen LogP contribution in [0.2, 0.25) is 0 Å². The van der Waals surface area contributed by atoms with Gasteiger partial charge in [-0.05, 0) is 24.3 Å². The van der Waals surface area contributed by atoms with E-state index in [1.54, 1.807) is 23.6 Å². The summed E-state index contributed by atoms with van der Waals surface area (Å²) in [4.78, 5) is 20.9. The van der Waals surface area contributed by atoms with E-state index in [2.05, 4.69) is 15.4 Å². The van der Waals surface area contributed by atoms with Gasteiger partial charge in [0.1, 0.15) is 0 Å². The van der Waals surface area contributed by atoms with E-state index in [4.69, 9.17) is 9.72 Å². The van der Waals surface area contributed by atoms with Gasteiger partial charge in [0, 0.05) is 31.0 Å². The number of amides is 1. The number of hydrazone groups is 1. The van der Waals surface area contributed by atoms with E-state index in [0.29, 0.717) is 18.8 Å². The zero-order chi connectivity index (χ0) is 22.5. The Morgan fingerprint density at radius 3 is 2.52 bits per heavy atom. The van der Waals surface area contributed by atoms with Gasteiger partial charge in [0.2, 0.25) is 0 Å². The molecule has 0 bridgehead atoms. The van der Waals surface area contributed by atoms with Gasteiger partial charge in [-0.25, -0.2) is 10.4 Å². The third kappa shape index (κ3) is 4.72. The fraction of sp³-hybridized carbons (Fsp3) is 0.160. The van der Waals surface area contributed by atoms with E-state index in [9.17, 15) is 4.79 Å². The number of thiazole rings is 1. The van der Waals surface area contributed by atoms with Crippen molar-refractivity contribution in [2.24, 2.45) is 5.10 Å². The lowest BCUT2D eigenvalue weighted by Crippen LogP contribution is -2.36. The first kappa shape index (κ1) is 21.1. The monoisotopic (exact) mass is 457 g/mol. The molecule has 2 aromatic heterocycles. The number of morpholine rings is 1. The average molecular weight is 458 g/mol. The molecule has 0 saturated carbocycles. The molecule has 33 heavy (non-hydrogen) atoms. The molecule has 1 N–H and O–H groups in total. The summed E-state index contributed by atoms with van der Waals surface area (Å²) in [6.07, 6.45) is 5.50. The van der Waals surface area contributed by atoms with Crippen LogP contribution in [0.5, 0.6) is 0 Å². The summed E-state index contributed by atoms with van der Waals surface area (Å²) < 4.78 is 7.38. The maximum Gasteiger partial charge on any atom is 0.273 e. The topological polar surface area (TPSA) is 71.8 Å². The fourth-order valence-electron chi connectivity index (χ4n) is 3.70. The number of carbonyl (C=O) groups is 1. The summed E-state index contributed by atoms with van der Waals surface area (Å²) >= 11 is 1.56. The van der Waals surface area contributed by atoms with Crippen LogP contribution in [0.15, 0.2) is 84.2 Å². The van der Waals surface area contributed by atoms with Gasteiger partial charge in [0.25, 0.3) is 5.91 Å². The van der Waals surface area contributed by atoms with Crippen molar-refractivity contribution in [1.82, 2.24) is 15.0 Å². The lowest BCUT2D eigenvalue weighted by Gasteiger charge is -2.26. The molecule has 0 radical (unpaired) electrons. The SMILES string of the molecule is O=C(N/N=C/c1sc(N2CCOCC2)nc1-c1ccccc1)c1ccccc1-n1cccc1. The number of benzene rings is 2. The van der Waals surface area contributed by atoms with E-state index in [0.717, 1.165) is 40.0 Å². The summed E-state index contributed by atoms with van der Waals surface area (Å²) in [5.74, 6) is -0.269. The quantitative estimate of drug-likeness (QED) is 0.348. The summed E-state index contributed by atoms with van der Waals surface area (Å²) in [5.41, 5.74) is 5.89. The minimum atomic E-state index is -0.269. The Hall–Kier alpha value is -3.75. The third-order valence-electron chi connectivity index (χ3n) is 5.35. The molecule has 2 aromatic carbocycles. The molecule has 7 nitrogen and oxygen atoms in total. The zero-order valence-corrected chi connectivity index (χ0v) is 18.7. The number of hydrogen-bond acceptors (Lipinski definition) is 6. The van der Waals surface area contributed by atoms with Crippen LogP contribution in [-0.2, 0) is 4.74 Å². The molecule has 1 aliphatic rings. The normalized spacial score (nSPS) is 14.0. The van der Waals surface area contributed by atoms with Crippen molar-refractivity contribution < 1.29 is 9.53 Å². The molecule has 1 fully saturated rings. The van der Waals surface area contributed by atoms with Crippen molar-refractivity contribution in [3.8, 4) is 16.9 Å².